The molecule has 0 saturated heterocycles. The van der Waals surface area contributed by atoms with E-state index in [0.717, 1.165) is 50.9 Å². The normalized spacial score (nSPS) is 10.6. The Hall–Kier alpha value is -1.31. The monoisotopic (exact) mass is 276 g/mol. The lowest BCUT2D eigenvalue weighted by molar-refractivity contribution is -0.118. The molecule has 0 radical (unpaired) electrons. The number of hydrogen-bond acceptors (Lipinski definition) is 2. The third-order valence-electron chi connectivity index (χ3n) is 3.53. The number of aryl methyl sites for hydroxylation is 2. The Morgan fingerprint density at radius 2 is 1.95 bits per heavy atom. The summed E-state index contributed by atoms with van der Waals surface area (Å²) in [7, 11) is 0. The summed E-state index contributed by atoms with van der Waals surface area (Å²) in [4.78, 5) is 11.2. The van der Waals surface area contributed by atoms with Gasteiger partial charge in [-0.15, -0.1) is 0 Å². The van der Waals surface area contributed by atoms with Crippen LogP contribution in [-0.4, -0.2) is 12.4 Å². The van der Waals surface area contributed by atoms with Gasteiger partial charge in [-0.05, 0) is 49.8 Å². The van der Waals surface area contributed by atoms with Gasteiger partial charge in [0.1, 0.15) is 11.5 Å². The first-order valence-electron chi connectivity index (χ1n) is 7.91. The molecule has 0 aliphatic carbocycles. The molecule has 0 atom stereocenters. The highest BCUT2D eigenvalue weighted by Crippen LogP contribution is 2.21. The fourth-order valence-corrected chi connectivity index (χ4v) is 2.17. The van der Waals surface area contributed by atoms with Crippen molar-refractivity contribution in [2.24, 2.45) is 0 Å². The Morgan fingerprint density at radius 1 is 1.15 bits per heavy atom. The number of rotatable bonds is 10. The van der Waals surface area contributed by atoms with Gasteiger partial charge >= 0.3 is 0 Å². The molecule has 0 fully saturated rings. The molecule has 0 aliphatic rings. The predicted octanol–water partition coefficient (Wildman–Crippen LogP) is 4.87. The van der Waals surface area contributed by atoms with Crippen LogP contribution < -0.4 is 4.74 Å². The zero-order chi connectivity index (χ0) is 14.8. The van der Waals surface area contributed by atoms with Gasteiger partial charge in [-0.1, -0.05) is 32.4 Å². The van der Waals surface area contributed by atoms with Crippen LogP contribution >= 0.6 is 0 Å². The third kappa shape index (κ3) is 6.23. The minimum absolute atomic E-state index is 0.385. The molecule has 0 spiro atoms. The van der Waals surface area contributed by atoms with Gasteiger partial charge in [0.2, 0.25) is 0 Å². The average Bonchev–Trinajstić information content (AvgIpc) is 2.46. The van der Waals surface area contributed by atoms with E-state index in [1.165, 1.54) is 11.1 Å². The summed E-state index contributed by atoms with van der Waals surface area (Å²) in [6.07, 6.45) is 6.83. The van der Waals surface area contributed by atoms with E-state index in [4.69, 9.17) is 4.74 Å². The molecule has 112 valence electrons. The number of hydrogen-bond donors (Lipinski definition) is 0. The van der Waals surface area contributed by atoms with E-state index in [-0.39, 0.29) is 0 Å². The molecule has 0 N–H and O–H groups in total. The Kier molecular flexibility index (Phi) is 8.01. The van der Waals surface area contributed by atoms with Crippen LogP contribution in [-0.2, 0) is 11.2 Å². The van der Waals surface area contributed by atoms with Crippen molar-refractivity contribution in [3.63, 3.8) is 0 Å². The van der Waals surface area contributed by atoms with Crippen molar-refractivity contribution in [3.05, 3.63) is 29.3 Å². The first kappa shape index (κ1) is 16.7. The predicted molar refractivity (Wildman–Crippen MR) is 84.4 cm³/mol. The molecule has 1 rings (SSSR count). The first-order valence-corrected chi connectivity index (χ1v) is 7.91. The molecule has 2 heteroatoms. The van der Waals surface area contributed by atoms with Crippen LogP contribution in [0.3, 0.4) is 0 Å². The van der Waals surface area contributed by atoms with E-state index >= 15 is 0 Å². The lowest BCUT2D eigenvalue weighted by Crippen LogP contribution is -1.98. The number of carbonyl (C=O) groups is 1. The summed E-state index contributed by atoms with van der Waals surface area (Å²) in [6.45, 7) is 6.93. The second kappa shape index (κ2) is 9.57. The number of benzene rings is 1. The summed E-state index contributed by atoms with van der Waals surface area (Å²) >= 11 is 0. The van der Waals surface area contributed by atoms with Gasteiger partial charge in [0.05, 0.1) is 6.61 Å². The van der Waals surface area contributed by atoms with Crippen molar-refractivity contribution in [1.82, 2.24) is 0 Å². The molecule has 0 amide bonds. The van der Waals surface area contributed by atoms with Crippen molar-refractivity contribution in [2.45, 2.75) is 65.7 Å². The maximum Gasteiger partial charge on any atom is 0.132 e. The average molecular weight is 276 g/mol. The molecule has 0 aliphatic heterocycles. The Bertz CT molecular complexity index is 410. The molecule has 20 heavy (non-hydrogen) atoms. The second-order valence-corrected chi connectivity index (χ2v) is 5.40. The van der Waals surface area contributed by atoms with Crippen molar-refractivity contribution in [3.8, 4) is 5.75 Å². The van der Waals surface area contributed by atoms with Gasteiger partial charge in [0, 0.05) is 12.8 Å². The van der Waals surface area contributed by atoms with Crippen LogP contribution in [0.2, 0.25) is 0 Å². The van der Waals surface area contributed by atoms with Gasteiger partial charge in [0.25, 0.3) is 0 Å². The van der Waals surface area contributed by atoms with E-state index < -0.39 is 0 Å². The van der Waals surface area contributed by atoms with Crippen molar-refractivity contribution in [2.75, 3.05) is 6.61 Å². The summed E-state index contributed by atoms with van der Waals surface area (Å²) in [6, 6.07) is 6.49. The van der Waals surface area contributed by atoms with Crippen LogP contribution in [0.15, 0.2) is 18.2 Å². The van der Waals surface area contributed by atoms with E-state index in [0.29, 0.717) is 12.2 Å². The molecule has 2 nitrogen and oxygen atoms in total. The zero-order valence-corrected chi connectivity index (χ0v) is 13.2. The van der Waals surface area contributed by atoms with Gasteiger partial charge in [-0.25, -0.2) is 0 Å². The summed E-state index contributed by atoms with van der Waals surface area (Å²) in [5.41, 5.74) is 2.54. The molecular weight excluding hydrogens is 248 g/mol. The van der Waals surface area contributed by atoms with E-state index in [9.17, 15) is 4.79 Å². The summed E-state index contributed by atoms with van der Waals surface area (Å²) in [5, 5.41) is 0. The standard InChI is InChI=1S/C18H28O2/c1-4-13-20-18-14-16(12-11-15(18)3)9-7-6-8-10-17(19)5-2/h11-12,14H,4-10,13H2,1-3H3. The number of carbonyl (C=O) groups excluding carboxylic acids is 1. The minimum atomic E-state index is 0.385. The van der Waals surface area contributed by atoms with Gasteiger partial charge in [0.15, 0.2) is 0 Å². The van der Waals surface area contributed by atoms with Crippen LogP contribution in [0.1, 0.15) is 63.5 Å². The molecular formula is C18H28O2. The van der Waals surface area contributed by atoms with Gasteiger partial charge in [-0.2, -0.15) is 0 Å². The first-order chi connectivity index (χ1) is 9.67. The third-order valence-corrected chi connectivity index (χ3v) is 3.53. The number of ether oxygens (including phenoxy) is 1. The fourth-order valence-electron chi connectivity index (χ4n) is 2.17. The number of unbranched alkanes of at least 4 members (excludes halogenated alkanes) is 2. The Balaban J connectivity index is 2.34. The maximum absolute atomic E-state index is 11.2. The Morgan fingerprint density at radius 3 is 2.65 bits per heavy atom. The smallest absolute Gasteiger partial charge is 0.132 e. The molecule has 0 bridgehead atoms. The molecule has 1 aromatic carbocycles. The second-order valence-electron chi connectivity index (χ2n) is 5.40. The number of Topliss-reactive ketones (excluding diaryl/α,β-unsaturated/α-hetero) is 1. The van der Waals surface area contributed by atoms with Crippen LogP contribution in [0, 0.1) is 6.92 Å². The SMILES string of the molecule is CCCOc1cc(CCCCCC(=O)CC)ccc1C. The molecule has 0 saturated carbocycles. The lowest BCUT2D eigenvalue weighted by atomic mass is 10.0. The molecule has 0 unspecified atom stereocenters. The fraction of sp³-hybridized carbons (Fsp3) is 0.611. The Labute approximate surface area is 123 Å². The molecule has 0 aromatic heterocycles. The van der Waals surface area contributed by atoms with Gasteiger partial charge in [-0.3, -0.25) is 4.79 Å². The van der Waals surface area contributed by atoms with E-state index in [1.54, 1.807) is 0 Å². The van der Waals surface area contributed by atoms with E-state index in [1.807, 2.05) is 6.92 Å². The minimum Gasteiger partial charge on any atom is -0.493 e. The van der Waals surface area contributed by atoms with E-state index in [2.05, 4.69) is 32.0 Å². The topological polar surface area (TPSA) is 26.3 Å². The maximum atomic E-state index is 11.2. The van der Waals surface area contributed by atoms with Crippen LogP contribution in [0.25, 0.3) is 0 Å². The highest BCUT2D eigenvalue weighted by atomic mass is 16.5. The highest BCUT2D eigenvalue weighted by Gasteiger charge is 2.02. The molecule has 1 aromatic rings. The zero-order valence-electron chi connectivity index (χ0n) is 13.2. The lowest BCUT2D eigenvalue weighted by Gasteiger charge is -2.10. The summed E-state index contributed by atoms with van der Waals surface area (Å²) < 4.78 is 5.76. The van der Waals surface area contributed by atoms with Crippen molar-refractivity contribution in [1.29, 1.82) is 0 Å². The molecule has 0 heterocycles. The van der Waals surface area contributed by atoms with Crippen LogP contribution in [0.4, 0.5) is 0 Å². The quantitative estimate of drug-likeness (QED) is 0.570. The van der Waals surface area contributed by atoms with Crippen LogP contribution in [0.5, 0.6) is 5.75 Å². The summed E-state index contributed by atoms with van der Waals surface area (Å²) in [5.74, 6) is 1.40. The van der Waals surface area contributed by atoms with Crippen molar-refractivity contribution < 1.29 is 9.53 Å². The highest BCUT2D eigenvalue weighted by molar-refractivity contribution is 5.77. The van der Waals surface area contributed by atoms with Gasteiger partial charge < -0.3 is 4.74 Å². The largest absolute Gasteiger partial charge is 0.493 e. The van der Waals surface area contributed by atoms with Crippen molar-refractivity contribution >= 4 is 5.78 Å². The number of ketones is 1.